The minimum absolute atomic E-state index is 0.388. The monoisotopic (exact) mass is 460 g/mol. The van der Waals surface area contributed by atoms with Crippen LogP contribution >= 0.6 is 22.6 Å². The largest absolute Gasteiger partial charge is 0.382 e. The molecule has 5 rings (SSSR count). The average Bonchev–Trinajstić information content (AvgIpc) is 3.24. The first-order valence-electron chi connectivity index (χ1n) is 8.55. The molecule has 0 radical (unpaired) electrons. The Balaban J connectivity index is 1.67. The van der Waals surface area contributed by atoms with E-state index >= 15 is 0 Å². The lowest BCUT2D eigenvalue weighted by Gasteiger charge is -2.23. The van der Waals surface area contributed by atoms with Gasteiger partial charge in [0.1, 0.15) is 11.8 Å². The summed E-state index contributed by atoms with van der Waals surface area (Å²) in [4.78, 5) is 4.11. The smallest absolute Gasteiger partial charge is 0.152 e. The van der Waals surface area contributed by atoms with Gasteiger partial charge in [-0.25, -0.2) is 9.50 Å². The molecule has 7 nitrogen and oxygen atoms in total. The number of ether oxygens (including phenoxy) is 1. The molecule has 1 aromatic carbocycles. The van der Waals surface area contributed by atoms with E-state index in [1.807, 2.05) is 10.7 Å². The Kier molecular flexibility index (Phi) is 3.82. The Labute approximate surface area is 163 Å². The van der Waals surface area contributed by atoms with E-state index in [0.717, 1.165) is 57.3 Å². The Bertz CT molecular complexity index is 1110. The Morgan fingerprint density at radius 3 is 2.85 bits per heavy atom. The van der Waals surface area contributed by atoms with Crippen molar-refractivity contribution >= 4 is 44.8 Å². The van der Waals surface area contributed by atoms with Crippen LogP contribution in [0.2, 0.25) is 0 Å². The van der Waals surface area contributed by atoms with Crippen molar-refractivity contribution in [1.82, 2.24) is 24.4 Å². The number of benzene rings is 1. The maximum Gasteiger partial charge on any atom is 0.152 e. The highest BCUT2D eigenvalue weighted by atomic mass is 127. The number of anilines is 1. The molecule has 8 heteroatoms. The molecule has 1 aliphatic heterocycles. The molecule has 0 saturated carbocycles. The van der Waals surface area contributed by atoms with Crippen LogP contribution in [0.25, 0.3) is 27.7 Å². The summed E-state index contributed by atoms with van der Waals surface area (Å²) in [5, 5.41) is 10.2. The lowest BCUT2D eigenvalue weighted by Crippen LogP contribution is -2.20. The van der Waals surface area contributed by atoms with E-state index in [4.69, 9.17) is 10.5 Å². The fourth-order valence-electron chi connectivity index (χ4n) is 3.65. The molecule has 2 N–H and O–H groups in total. The number of fused-ring (bicyclic) bond motifs is 2. The molecule has 26 heavy (non-hydrogen) atoms. The van der Waals surface area contributed by atoms with Crippen LogP contribution in [0.5, 0.6) is 0 Å². The molecule has 0 spiro atoms. The maximum absolute atomic E-state index is 6.04. The van der Waals surface area contributed by atoms with Gasteiger partial charge in [-0.05, 0) is 47.6 Å². The Hall–Kier alpha value is -2.20. The van der Waals surface area contributed by atoms with Crippen LogP contribution in [0, 0.1) is 3.57 Å². The van der Waals surface area contributed by atoms with Crippen molar-refractivity contribution in [2.75, 3.05) is 18.9 Å². The number of halogens is 1. The second kappa shape index (κ2) is 6.20. The zero-order chi connectivity index (χ0) is 17.7. The zero-order valence-corrected chi connectivity index (χ0v) is 16.1. The normalized spacial score (nSPS) is 15.9. The lowest BCUT2D eigenvalue weighted by atomic mass is 10.1. The quantitative estimate of drug-likeness (QED) is 0.465. The van der Waals surface area contributed by atoms with Crippen molar-refractivity contribution in [3.05, 3.63) is 40.4 Å². The topological polar surface area (TPSA) is 83.3 Å². The Morgan fingerprint density at radius 2 is 2.00 bits per heavy atom. The third-order valence-corrected chi connectivity index (χ3v) is 5.79. The first kappa shape index (κ1) is 16.0. The number of aromatic nitrogens is 5. The molecule has 0 unspecified atom stereocenters. The van der Waals surface area contributed by atoms with E-state index in [-0.39, 0.29) is 0 Å². The van der Waals surface area contributed by atoms with Gasteiger partial charge in [0.05, 0.1) is 23.4 Å². The zero-order valence-electron chi connectivity index (χ0n) is 14.0. The molecule has 0 bridgehead atoms. The van der Waals surface area contributed by atoms with E-state index in [1.165, 1.54) is 6.33 Å². The number of hydrogen-bond donors (Lipinski definition) is 1. The van der Waals surface area contributed by atoms with Crippen LogP contribution < -0.4 is 5.73 Å². The van der Waals surface area contributed by atoms with Crippen LogP contribution in [0.1, 0.15) is 18.9 Å². The summed E-state index contributed by atoms with van der Waals surface area (Å²) in [7, 11) is 0. The van der Waals surface area contributed by atoms with Gasteiger partial charge in [0, 0.05) is 27.7 Å². The van der Waals surface area contributed by atoms with E-state index in [2.05, 4.69) is 66.7 Å². The summed E-state index contributed by atoms with van der Waals surface area (Å²) in [5.74, 6) is 0.490. The average molecular weight is 460 g/mol. The molecule has 1 fully saturated rings. The number of nitrogen functional groups attached to an aromatic ring is 1. The van der Waals surface area contributed by atoms with E-state index in [1.54, 1.807) is 0 Å². The minimum Gasteiger partial charge on any atom is -0.382 e. The number of nitrogens with two attached hydrogens (primary N) is 1. The predicted octanol–water partition coefficient (Wildman–Crippen LogP) is 3.28. The first-order valence-corrected chi connectivity index (χ1v) is 9.63. The van der Waals surface area contributed by atoms with Crippen LogP contribution in [0.4, 0.5) is 5.82 Å². The van der Waals surface area contributed by atoms with Crippen LogP contribution in [-0.2, 0) is 4.74 Å². The summed E-state index contributed by atoms with van der Waals surface area (Å²) in [6, 6.07) is 8.89. The summed E-state index contributed by atoms with van der Waals surface area (Å²) in [6.07, 6.45) is 5.43. The first-order chi connectivity index (χ1) is 12.7. The number of rotatable bonds is 2. The molecule has 0 aliphatic carbocycles. The van der Waals surface area contributed by atoms with Gasteiger partial charge in [0.15, 0.2) is 5.82 Å². The van der Waals surface area contributed by atoms with Crippen molar-refractivity contribution in [2.24, 2.45) is 0 Å². The molecule has 132 valence electrons. The highest BCUT2D eigenvalue weighted by Gasteiger charge is 2.19. The number of hydrogen-bond acceptors (Lipinski definition) is 5. The molecule has 3 aromatic heterocycles. The third-order valence-electron chi connectivity index (χ3n) is 4.97. The second-order valence-electron chi connectivity index (χ2n) is 6.49. The van der Waals surface area contributed by atoms with Crippen LogP contribution in [-0.4, -0.2) is 37.6 Å². The second-order valence-corrected chi connectivity index (χ2v) is 7.65. The fraction of sp³-hybridized carbons (Fsp3) is 0.278. The molecule has 4 aromatic rings. The van der Waals surface area contributed by atoms with Gasteiger partial charge in [-0.3, -0.25) is 4.68 Å². The van der Waals surface area contributed by atoms with E-state index in [9.17, 15) is 0 Å². The van der Waals surface area contributed by atoms with Crippen molar-refractivity contribution in [3.63, 3.8) is 0 Å². The summed E-state index contributed by atoms with van der Waals surface area (Å²) >= 11 is 2.28. The van der Waals surface area contributed by atoms with Gasteiger partial charge in [0.25, 0.3) is 0 Å². The predicted molar refractivity (Wildman–Crippen MR) is 108 cm³/mol. The van der Waals surface area contributed by atoms with Crippen molar-refractivity contribution in [3.8, 4) is 11.3 Å². The van der Waals surface area contributed by atoms with Crippen LogP contribution in [0.15, 0.2) is 36.8 Å². The third kappa shape index (κ3) is 2.47. The number of nitrogens with zero attached hydrogens (tertiary/aromatic N) is 5. The molecule has 0 atom stereocenters. The molecule has 0 amide bonds. The molecule has 1 aliphatic rings. The molecule has 1 saturated heterocycles. The van der Waals surface area contributed by atoms with Gasteiger partial charge in [-0.2, -0.15) is 10.2 Å². The minimum atomic E-state index is 0.388. The lowest BCUT2D eigenvalue weighted by molar-refractivity contribution is 0.0675. The van der Waals surface area contributed by atoms with Gasteiger partial charge in [-0.1, -0.05) is 12.1 Å². The van der Waals surface area contributed by atoms with Crippen LogP contribution in [0.3, 0.4) is 0 Å². The van der Waals surface area contributed by atoms with E-state index in [0.29, 0.717) is 11.9 Å². The highest BCUT2D eigenvalue weighted by molar-refractivity contribution is 14.1. The SMILES string of the molecule is Nc1ncnn2c(-c3ccc4cnn(C5CCOCC5)c4c3)cc(I)c12. The van der Waals surface area contributed by atoms with Gasteiger partial charge in [-0.15, -0.1) is 0 Å². The van der Waals surface area contributed by atoms with E-state index < -0.39 is 0 Å². The summed E-state index contributed by atoms with van der Waals surface area (Å²) in [5.41, 5.74) is 10.1. The Morgan fingerprint density at radius 1 is 1.15 bits per heavy atom. The standard InChI is InChI=1S/C18H17IN6O/c19-14-8-16(25-17(14)18(20)21-10-23-25)11-1-2-12-9-22-24(15(12)7-11)13-3-5-26-6-4-13/h1-2,7-10,13H,3-6H2,(H2,20,21,23). The van der Waals surface area contributed by atoms with Crippen molar-refractivity contribution < 1.29 is 4.74 Å². The van der Waals surface area contributed by atoms with Crippen molar-refractivity contribution in [1.29, 1.82) is 0 Å². The molecular weight excluding hydrogens is 443 g/mol. The summed E-state index contributed by atoms with van der Waals surface area (Å²) < 4.78 is 10.5. The van der Waals surface area contributed by atoms with Crippen molar-refractivity contribution in [2.45, 2.75) is 18.9 Å². The molecular formula is C18H17IN6O. The maximum atomic E-state index is 6.04. The van der Waals surface area contributed by atoms with Gasteiger partial charge < -0.3 is 10.5 Å². The van der Waals surface area contributed by atoms with Gasteiger partial charge >= 0.3 is 0 Å². The fourth-order valence-corrected chi connectivity index (χ4v) is 4.45. The highest BCUT2D eigenvalue weighted by Crippen LogP contribution is 2.32. The van der Waals surface area contributed by atoms with Gasteiger partial charge in [0.2, 0.25) is 0 Å². The summed E-state index contributed by atoms with van der Waals surface area (Å²) in [6.45, 7) is 1.59. The molecule has 4 heterocycles.